The first-order valence-corrected chi connectivity index (χ1v) is 10.0. The van der Waals surface area contributed by atoms with Crippen molar-refractivity contribution in [1.82, 2.24) is 15.5 Å². The maximum Gasteiger partial charge on any atom is 0.470 e. The van der Waals surface area contributed by atoms with E-state index >= 15 is 0 Å². The number of aliphatic carboxylic acids is 1. The van der Waals surface area contributed by atoms with E-state index in [9.17, 15) is 18.0 Å². The minimum Gasteiger partial charge on any atom is -0.481 e. The molecule has 1 heterocycles. The molecule has 7 nitrogen and oxygen atoms in total. The van der Waals surface area contributed by atoms with Crippen molar-refractivity contribution >= 4 is 11.7 Å². The van der Waals surface area contributed by atoms with Crippen molar-refractivity contribution in [3.8, 4) is 11.5 Å². The molecule has 0 bridgehead atoms. The van der Waals surface area contributed by atoms with Crippen LogP contribution in [0.1, 0.15) is 42.8 Å². The summed E-state index contributed by atoms with van der Waals surface area (Å²) in [5, 5.41) is 21.7. The van der Waals surface area contributed by atoms with Crippen molar-refractivity contribution in [3.05, 3.63) is 65.5 Å². The Hall–Kier alpha value is -3.40. The Morgan fingerprint density at radius 1 is 1.09 bits per heavy atom. The van der Waals surface area contributed by atoms with Gasteiger partial charge in [0.15, 0.2) is 0 Å². The van der Waals surface area contributed by atoms with Crippen molar-refractivity contribution in [2.75, 3.05) is 11.9 Å². The highest BCUT2D eigenvalue weighted by molar-refractivity contribution is 5.66. The Morgan fingerprint density at radius 2 is 1.78 bits per heavy atom. The van der Waals surface area contributed by atoms with E-state index in [4.69, 9.17) is 9.52 Å². The number of anilines is 1. The number of alkyl halides is 3. The molecule has 3 rings (SSSR count). The molecule has 0 spiro atoms. The van der Waals surface area contributed by atoms with Gasteiger partial charge in [0.2, 0.25) is 5.89 Å². The lowest BCUT2D eigenvalue weighted by atomic mass is 10.0. The van der Waals surface area contributed by atoms with Crippen molar-refractivity contribution in [3.63, 3.8) is 0 Å². The second-order valence-electron chi connectivity index (χ2n) is 7.15. The van der Waals surface area contributed by atoms with Gasteiger partial charge in [-0.3, -0.25) is 4.79 Å². The quantitative estimate of drug-likeness (QED) is 0.380. The number of aromatic nitrogens is 2. The first kappa shape index (κ1) is 23.3. The van der Waals surface area contributed by atoms with Crippen LogP contribution >= 0.6 is 0 Å². The molecule has 0 aliphatic carbocycles. The zero-order valence-corrected chi connectivity index (χ0v) is 17.3. The van der Waals surface area contributed by atoms with Gasteiger partial charge in [-0.2, -0.15) is 13.2 Å². The molecule has 3 N–H and O–H groups in total. The van der Waals surface area contributed by atoms with Gasteiger partial charge in [0, 0.05) is 24.3 Å². The monoisotopic (exact) mass is 448 g/mol. The van der Waals surface area contributed by atoms with E-state index in [1.165, 1.54) is 0 Å². The highest BCUT2D eigenvalue weighted by Crippen LogP contribution is 2.31. The Kier molecular flexibility index (Phi) is 7.47. The number of rotatable bonds is 10. The summed E-state index contributed by atoms with van der Waals surface area (Å²) in [5.74, 6) is -2.39. The summed E-state index contributed by atoms with van der Waals surface area (Å²) in [6.07, 6.45) is -3.81. The predicted molar refractivity (Wildman–Crippen MR) is 112 cm³/mol. The van der Waals surface area contributed by atoms with Gasteiger partial charge in [0.25, 0.3) is 0 Å². The fourth-order valence-electron chi connectivity index (χ4n) is 3.08. The van der Waals surface area contributed by atoms with Crippen molar-refractivity contribution in [2.24, 2.45) is 0 Å². The van der Waals surface area contributed by atoms with Gasteiger partial charge in [-0.25, -0.2) is 0 Å². The smallest absolute Gasteiger partial charge is 0.470 e. The van der Waals surface area contributed by atoms with Crippen LogP contribution in [0.2, 0.25) is 0 Å². The maximum atomic E-state index is 12.6. The fraction of sp³-hybridized carbons (Fsp3) is 0.318. The van der Waals surface area contributed by atoms with Crippen LogP contribution < -0.4 is 10.6 Å². The summed E-state index contributed by atoms with van der Waals surface area (Å²) in [6.45, 7) is 3.02. The standard InChI is InChI=1S/C22H23F3N4O3/c1-2-18(27-17-9-3-14(4-10-17)13-26-12-11-19(30)31)15-5-7-16(8-6-15)20-28-29-21(32-20)22(23,24)25/h3-10,18,26-27H,2,11-13H2,1H3,(H,30,31). The zero-order chi connectivity index (χ0) is 23.1. The Morgan fingerprint density at radius 3 is 2.34 bits per heavy atom. The van der Waals surface area contributed by atoms with Gasteiger partial charge in [0.1, 0.15) is 0 Å². The predicted octanol–water partition coefficient (Wildman–Crippen LogP) is 4.88. The first-order chi connectivity index (χ1) is 15.3. The second-order valence-corrected chi connectivity index (χ2v) is 7.15. The molecule has 1 aromatic heterocycles. The third kappa shape index (κ3) is 6.30. The summed E-state index contributed by atoms with van der Waals surface area (Å²) < 4.78 is 42.6. The third-order valence-electron chi connectivity index (χ3n) is 4.78. The Labute approximate surface area is 182 Å². The van der Waals surface area contributed by atoms with Crippen LogP contribution in [0.25, 0.3) is 11.5 Å². The summed E-state index contributed by atoms with van der Waals surface area (Å²) in [4.78, 5) is 10.5. The molecule has 0 saturated carbocycles. The van der Waals surface area contributed by atoms with Crippen LogP contribution in [0.3, 0.4) is 0 Å². The maximum absolute atomic E-state index is 12.6. The lowest BCUT2D eigenvalue weighted by molar-refractivity contribution is -0.157. The van der Waals surface area contributed by atoms with Crippen LogP contribution in [0.15, 0.2) is 52.9 Å². The van der Waals surface area contributed by atoms with Gasteiger partial charge in [0.05, 0.1) is 12.5 Å². The number of benzene rings is 2. The third-order valence-corrected chi connectivity index (χ3v) is 4.78. The van der Waals surface area contributed by atoms with Crippen molar-refractivity contribution in [2.45, 2.75) is 38.5 Å². The molecular weight excluding hydrogens is 425 g/mol. The highest BCUT2D eigenvalue weighted by Gasteiger charge is 2.38. The van der Waals surface area contributed by atoms with E-state index < -0.39 is 18.0 Å². The number of hydrogen-bond donors (Lipinski definition) is 3. The van der Waals surface area contributed by atoms with Crippen molar-refractivity contribution in [1.29, 1.82) is 0 Å². The van der Waals surface area contributed by atoms with Crippen molar-refractivity contribution < 1.29 is 27.5 Å². The molecule has 0 amide bonds. The number of nitrogens with one attached hydrogen (secondary N) is 2. The SMILES string of the molecule is CCC(Nc1ccc(CNCCC(=O)O)cc1)c1ccc(-c2nnc(C(F)(F)F)o2)cc1. The minimum absolute atomic E-state index is 0.00277. The van der Waals surface area contributed by atoms with Gasteiger partial charge >= 0.3 is 18.0 Å². The van der Waals surface area contributed by atoms with E-state index in [1.807, 2.05) is 43.3 Å². The number of halogens is 3. The number of carboxylic acids is 1. The van der Waals surface area contributed by atoms with Gasteiger partial charge in [-0.1, -0.05) is 31.2 Å². The number of carbonyl (C=O) groups is 1. The largest absolute Gasteiger partial charge is 0.481 e. The van der Waals surface area contributed by atoms with Crippen LogP contribution in [-0.2, 0) is 17.5 Å². The summed E-state index contributed by atoms with van der Waals surface area (Å²) in [5.41, 5.74) is 3.33. The first-order valence-electron chi connectivity index (χ1n) is 10.0. The molecule has 0 fully saturated rings. The average molecular weight is 448 g/mol. The molecular formula is C22H23F3N4O3. The molecule has 2 aromatic carbocycles. The molecule has 10 heteroatoms. The lowest BCUT2D eigenvalue weighted by Crippen LogP contribution is -2.17. The molecule has 1 atom stereocenters. The average Bonchev–Trinajstić information content (AvgIpc) is 3.27. The van der Waals surface area contributed by atoms with Crippen LogP contribution in [0.4, 0.5) is 18.9 Å². The normalized spacial score (nSPS) is 12.5. The van der Waals surface area contributed by atoms with Crippen LogP contribution in [0, 0.1) is 0 Å². The minimum atomic E-state index is -4.67. The van der Waals surface area contributed by atoms with E-state index in [0.717, 1.165) is 23.2 Å². The van der Waals surface area contributed by atoms with Gasteiger partial charge in [-0.15, -0.1) is 10.2 Å². The molecule has 0 aliphatic rings. The Bertz CT molecular complexity index is 1020. The number of nitrogens with zero attached hydrogens (tertiary/aromatic N) is 2. The molecule has 3 aromatic rings. The molecule has 1 unspecified atom stereocenters. The number of hydrogen-bond acceptors (Lipinski definition) is 6. The molecule has 0 aliphatic heterocycles. The molecule has 32 heavy (non-hydrogen) atoms. The number of carboxylic acid groups (broad SMARTS) is 1. The summed E-state index contributed by atoms with van der Waals surface area (Å²) in [6, 6.07) is 14.7. The fourth-order valence-corrected chi connectivity index (χ4v) is 3.08. The van der Waals surface area contributed by atoms with Gasteiger partial charge in [-0.05, 0) is 41.8 Å². The van der Waals surface area contributed by atoms with Gasteiger partial charge < -0.3 is 20.2 Å². The topological polar surface area (TPSA) is 100 Å². The molecule has 170 valence electrons. The van der Waals surface area contributed by atoms with E-state index in [0.29, 0.717) is 18.7 Å². The van der Waals surface area contributed by atoms with E-state index in [1.54, 1.807) is 12.1 Å². The molecule has 0 radical (unpaired) electrons. The highest BCUT2D eigenvalue weighted by atomic mass is 19.4. The lowest BCUT2D eigenvalue weighted by Gasteiger charge is -2.19. The van der Waals surface area contributed by atoms with Crippen LogP contribution in [0.5, 0.6) is 0 Å². The molecule has 0 saturated heterocycles. The Balaban J connectivity index is 1.61. The summed E-state index contributed by atoms with van der Waals surface area (Å²) >= 11 is 0. The van der Waals surface area contributed by atoms with Crippen LogP contribution in [-0.4, -0.2) is 27.8 Å². The van der Waals surface area contributed by atoms with E-state index in [2.05, 4.69) is 20.8 Å². The second kappa shape index (κ2) is 10.3. The zero-order valence-electron chi connectivity index (χ0n) is 17.3. The van der Waals surface area contributed by atoms with E-state index in [-0.39, 0.29) is 18.4 Å². The summed E-state index contributed by atoms with van der Waals surface area (Å²) in [7, 11) is 0.